The van der Waals surface area contributed by atoms with Gasteiger partial charge in [0, 0.05) is 23.3 Å². The lowest BCUT2D eigenvalue weighted by Gasteiger charge is -2.04. The van der Waals surface area contributed by atoms with E-state index in [4.69, 9.17) is 5.73 Å². The lowest BCUT2D eigenvalue weighted by molar-refractivity contribution is 0.603. The fraction of sp³-hybridized carbons (Fsp3) is 0.385. The summed E-state index contributed by atoms with van der Waals surface area (Å²) in [5.74, 6) is 7.45. The van der Waals surface area contributed by atoms with Crippen molar-refractivity contribution >= 4 is 21.6 Å². The summed E-state index contributed by atoms with van der Waals surface area (Å²) in [7, 11) is -2.87. The Morgan fingerprint density at radius 1 is 1.33 bits per heavy atom. The Kier molecular flexibility index (Phi) is 6.27. The van der Waals surface area contributed by atoms with Crippen LogP contribution in [0, 0.1) is 11.8 Å². The Morgan fingerprint density at radius 3 is 2.72 bits per heavy atom. The van der Waals surface area contributed by atoms with E-state index in [0.717, 1.165) is 16.9 Å². The number of hydrogen-bond donors (Lipinski definition) is 1. The van der Waals surface area contributed by atoms with Crippen molar-refractivity contribution in [2.75, 3.05) is 24.3 Å². The first-order chi connectivity index (χ1) is 8.53. The molecule has 0 spiro atoms. The topological polar surface area (TPSA) is 60.2 Å². The molecule has 5 heteroatoms. The van der Waals surface area contributed by atoms with Gasteiger partial charge in [0.25, 0.3) is 0 Å². The molecule has 0 heterocycles. The fourth-order valence-corrected chi connectivity index (χ4v) is 3.61. The van der Waals surface area contributed by atoms with Gasteiger partial charge in [-0.2, -0.15) is 11.8 Å². The van der Waals surface area contributed by atoms with Crippen molar-refractivity contribution in [3.8, 4) is 11.8 Å². The van der Waals surface area contributed by atoms with Crippen LogP contribution < -0.4 is 5.73 Å². The van der Waals surface area contributed by atoms with Gasteiger partial charge in [0.15, 0.2) is 0 Å². The molecule has 0 aliphatic rings. The second-order valence-corrected chi connectivity index (χ2v) is 7.21. The van der Waals surface area contributed by atoms with Crippen LogP contribution in [0.5, 0.6) is 0 Å². The first kappa shape index (κ1) is 15.1. The molecule has 1 aromatic rings. The van der Waals surface area contributed by atoms with Crippen LogP contribution in [-0.4, -0.2) is 32.7 Å². The van der Waals surface area contributed by atoms with Crippen molar-refractivity contribution in [3.63, 3.8) is 0 Å². The van der Waals surface area contributed by atoms with Gasteiger partial charge in [-0.25, -0.2) is 8.42 Å². The van der Waals surface area contributed by atoms with Gasteiger partial charge in [0.1, 0.15) is 9.84 Å². The molecule has 0 amide bonds. The van der Waals surface area contributed by atoms with E-state index >= 15 is 0 Å². The molecule has 0 atom stereocenters. The summed E-state index contributed by atoms with van der Waals surface area (Å²) in [6.45, 7) is 0.343. The zero-order valence-corrected chi connectivity index (χ0v) is 12.0. The van der Waals surface area contributed by atoms with Crippen LogP contribution >= 0.6 is 11.8 Å². The van der Waals surface area contributed by atoms with Crippen LogP contribution in [0.3, 0.4) is 0 Å². The van der Waals surface area contributed by atoms with Gasteiger partial charge < -0.3 is 5.73 Å². The third kappa shape index (κ3) is 6.10. The van der Waals surface area contributed by atoms with Crippen molar-refractivity contribution in [2.45, 2.75) is 5.75 Å². The molecule has 0 aliphatic carbocycles. The quantitative estimate of drug-likeness (QED) is 0.653. The van der Waals surface area contributed by atoms with Crippen LogP contribution in [0.25, 0.3) is 0 Å². The molecule has 18 heavy (non-hydrogen) atoms. The fourth-order valence-electron chi connectivity index (χ4n) is 1.31. The van der Waals surface area contributed by atoms with Crippen molar-refractivity contribution in [1.82, 2.24) is 0 Å². The summed E-state index contributed by atoms with van der Waals surface area (Å²) in [4.78, 5) is 0. The van der Waals surface area contributed by atoms with E-state index in [-0.39, 0.29) is 5.75 Å². The highest BCUT2D eigenvalue weighted by atomic mass is 32.2. The van der Waals surface area contributed by atoms with Gasteiger partial charge in [-0.3, -0.25) is 0 Å². The van der Waals surface area contributed by atoms with E-state index in [1.165, 1.54) is 6.26 Å². The van der Waals surface area contributed by atoms with Crippen LogP contribution in [0.2, 0.25) is 0 Å². The summed E-state index contributed by atoms with van der Waals surface area (Å²) < 4.78 is 22.0. The SMILES string of the molecule is CS(=O)(=O)CCSCc1ccccc1C#CCN. The standard InChI is InChI=1S/C13H17NO2S2/c1-18(15,16)10-9-17-11-13-6-3-2-5-12(13)7-4-8-14/h2-3,5-6H,8-11,14H2,1H3. The number of thioether (sulfide) groups is 1. The van der Waals surface area contributed by atoms with Crippen LogP contribution in [0.15, 0.2) is 24.3 Å². The Morgan fingerprint density at radius 2 is 2.06 bits per heavy atom. The van der Waals surface area contributed by atoms with Crippen molar-refractivity contribution < 1.29 is 8.42 Å². The molecule has 2 N–H and O–H groups in total. The van der Waals surface area contributed by atoms with Crippen LogP contribution in [0.1, 0.15) is 11.1 Å². The summed E-state index contributed by atoms with van der Waals surface area (Å²) in [6, 6.07) is 7.86. The monoisotopic (exact) mass is 283 g/mol. The summed E-state index contributed by atoms with van der Waals surface area (Å²) in [6.07, 6.45) is 1.26. The van der Waals surface area contributed by atoms with Crippen LogP contribution in [0.4, 0.5) is 0 Å². The van der Waals surface area contributed by atoms with Crippen molar-refractivity contribution in [3.05, 3.63) is 35.4 Å². The van der Waals surface area contributed by atoms with Gasteiger partial charge in [0.05, 0.1) is 12.3 Å². The largest absolute Gasteiger partial charge is 0.320 e. The molecule has 0 radical (unpaired) electrons. The summed E-state index contributed by atoms with van der Waals surface area (Å²) in [5.41, 5.74) is 7.44. The highest BCUT2D eigenvalue weighted by molar-refractivity contribution is 7.99. The zero-order valence-electron chi connectivity index (χ0n) is 10.3. The highest BCUT2D eigenvalue weighted by Crippen LogP contribution is 2.16. The molecule has 0 unspecified atom stereocenters. The second-order valence-electron chi connectivity index (χ2n) is 3.85. The molecule has 0 saturated carbocycles. The number of rotatable bonds is 5. The maximum absolute atomic E-state index is 11.0. The maximum Gasteiger partial charge on any atom is 0.148 e. The molecule has 1 rings (SSSR count). The first-order valence-electron chi connectivity index (χ1n) is 5.55. The van der Waals surface area contributed by atoms with Gasteiger partial charge in [-0.15, -0.1) is 0 Å². The van der Waals surface area contributed by atoms with E-state index in [2.05, 4.69) is 11.8 Å². The van der Waals surface area contributed by atoms with E-state index in [1.807, 2.05) is 24.3 Å². The predicted octanol–water partition coefficient (Wildman–Crippen LogP) is 1.27. The molecular formula is C13H17NO2S2. The molecule has 0 aliphatic heterocycles. The van der Waals surface area contributed by atoms with E-state index in [0.29, 0.717) is 12.3 Å². The number of benzene rings is 1. The lowest BCUT2D eigenvalue weighted by atomic mass is 10.1. The van der Waals surface area contributed by atoms with Gasteiger partial charge in [0.2, 0.25) is 0 Å². The van der Waals surface area contributed by atoms with Gasteiger partial charge in [-0.05, 0) is 11.6 Å². The van der Waals surface area contributed by atoms with Crippen molar-refractivity contribution in [2.24, 2.45) is 5.73 Å². The van der Waals surface area contributed by atoms with Crippen molar-refractivity contribution in [1.29, 1.82) is 0 Å². The van der Waals surface area contributed by atoms with Crippen LogP contribution in [-0.2, 0) is 15.6 Å². The minimum Gasteiger partial charge on any atom is -0.320 e. The van der Waals surface area contributed by atoms with Gasteiger partial charge >= 0.3 is 0 Å². The first-order valence-corrected chi connectivity index (χ1v) is 8.77. The lowest BCUT2D eigenvalue weighted by Crippen LogP contribution is -2.05. The second kappa shape index (κ2) is 7.47. The molecule has 1 aromatic carbocycles. The summed E-state index contributed by atoms with van der Waals surface area (Å²) in [5, 5.41) is 0. The molecule has 0 aromatic heterocycles. The molecule has 98 valence electrons. The van der Waals surface area contributed by atoms with E-state index < -0.39 is 9.84 Å². The third-order valence-electron chi connectivity index (χ3n) is 2.20. The van der Waals surface area contributed by atoms with E-state index in [1.54, 1.807) is 11.8 Å². The molecule has 0 fully saturated rings. The molecule has 0 bridgehead atoms. The predicted molar refractivity (Wildman–Crippen MR) is 78.2 cm³/mol. The average molecular weight is 283 g/mol. The minimum atomic E-state index is -2.87. The smallest absolute Gasteiger partial charge is 0.148 e. The Hall–Kier alpha value is -0.960. The number of nitrogens with two attached hydrogens (primary N) is 1. The number of hydrogen-bond acceptors (Lipinski definition) is 4. The van der Waals surface area contributed by atoms with Gasteiger partial charge in [-0.1, -0.05) is 30.0 Å². The molecule has 0 saturated heterocycles. The normalized spacial score (nSPS) is 10.8. The third-order valence-corrected chi connectivity index (χ3v) is 4.41. The average Bonchev–Trinajstić information content (AvgIpc) is 2.32. The minimum absolute atomic E-state index is 0.217. The molecule has 3 nitrogen and oxygen atoms in total. The summed E-state index contributed by atoms with van der Waals surface area (Å²) >= 11 is 1.60. The Labute approximate surface area is 113 Å². The Balaban J connectivity index is 2.57. The number of sulfone groups is 1. The molecular weight excluding hydrogens is 266 g/mol. The Bertz CT molecular complexity index is 542. The van der Waals surface area contributed by atoms with E-state index in [9.17, 15) is 8.42 Å². The zero-order chi connectivity index (χ0) is 13.4. The highest BCUT2D eigenvalue weighted by Gasteiger charge is 2.03. The maximum atomic E-state index is 11.0.